The third-order valence-electron chi connectivity index (χ3n) is 8.46. The van der Waals surface area contributed by atoms with Crippen molar-refractivity contribution in [1.29, 1.82) is 0 Å². The quantitative estimate of drug-likeness (QED) is 0.289. The molecule has 248 valence electrons. The van der Waals surface area contributed by atoms with Gasteiger partial charge in [0.15, 0.2) is 0 Å². The maximum absolute atomic E-state index is 11.8. The summed E-state index contributed by atoms with van der Waals surface area (Å²) < 4.78 is 1.84. The molecule has 1 aromatic carbocycles. The third kappa shape index (κ3) is 9.57. The zero-order valence-corrected chi connectivity index (χ0v) is 27.6. The molecule has 6 heterocycles. The van der Waals surface area contributed by atoms with Crippen LogP contribution >= 0.6 is 0 Å². The molecule has 7 rings (SSSR count). The van der Waals surface area contributed by atoms with Crippen LogP contribution in [-0.2, 0) is 49.6 Å². The molecule has 0 amide bonds. The van der Waals surface area contributed by atoms with Crippen molar-refractivity contribution in [3.8, 4) is 22.5 Å². The Kier molecular flexibility index (Phi) is 11.9. The van der Waals surface area contributed by atoms with Gasteiger partial charge in [-0.15, -0.1) is 5.10 Å². The van der Waals surface area contributed by atoms with E-state index in [1.165, 1.54) is 0 Å². The van der Waals surface area contributed by atoms with Crippen LogP contribution in [0.25, 0.3) is 22.5 Å². The molecule has 4 aromatic rings. The van der Waals surface area contributed by atoms with Gasteiger partial charge in [0.25, 0.3) is 0 Å². The first-order valence-corrected chi connectivity index (χ1v) is 15.6. The van der Waals surface area contributed by atoms with E-state index in [0.717, 1.165) is 39.6 Å². The number of aliphatic carboxylic acids is 2. The predicted octanol–water partition coefficient (Wildman–Crippen LogP) is 1.85. The molecule has 14 heteroatoms. The second-order valence-corrected chi connectivity index (χ2v) is 11.9. The number of carbonyl (C=O) groups is 2. The standard InChI is InChI=1S/C33H39N9O4.Pd/c43-32(44)23-40-13-9-38-10-14-41(24-33(45)46)16-12-39(11-15-40)21-28-17-26(25-5-2-1-3-6-25)18-29(35-28)22-42-31(19-34-37-42)30-8-4-7-27(20-38)36-30;/h1-8,17-19H,9-16,20-24H2,(H,43,44)(H,45,46);/q;+2. The average Bonchev–Trinajstić information content (AvgIpc) is 3.50. The number of fused-ring (bicyclic) bond motifs is 8. The second-order valence-electron chi connectivity index (χ2n) is 11.9. The van der Waals surface area contributed by atoms with Gasteiger partial charge >= 0.3 is 32.4 Å². The minimum Gasteiger partial charge on any atom is -0.480 e. The number of hydrogen-bond acceptors (Lipinski definition) is 10. The number of aromatic nitrogens is 5. The summed E-state index contributed by atoms with van der Waals surface area (Å²) in [7, 11) is 0. The Labute approximate surface area is 287 Å². The van der Waals surface area contributed by atoms with Gasteiger partial charge in [-0.25, -0.2) is 9.67 Å². The topological polar surface area (TPSA) is 144 Å². The van der Waals surface area contributed by atoms with E-state index in [1.54, 1.807) is 6.20 Å². The van der Waals surface area contributed by atoms with Gasteiger partial charge in [-0.2, -0.15) is 0 Å². The monoisotopic (exact) mass is 731 g/mol. The van der Waals surface area contributed by atoms with Gasteiger partial charge in [0.2, 0.25) is 0 Å². The van der Waals surface area contributed by atoms with Gasteiger partial charge in [0, 0.05) is 65.4 Å². The molecule has 1 fully saturated rings. The van der Waals surface area contributed by atoms with Crippen molar-refractivity contribution in [3.63, 3.8) is 0 Å². The fraction of sp³-hybridized carbons (Fsp3) is 0.394. The van der Waals surface area contributed by atoms with Gasteiger partial charge in [0.1, 0.15) is 5.69 Å². The molecule has 0 saturated carbocycles. The van der Waals surface area contributed by atoms with Crippen molar-refractivity contribution in [1.82, 2.24) is 44.6 Å². The second kappa shape index (κ2) is 16.3. The van der Waals surface area contributed by atoms with Gasteiger partial charge in [-0.1, -0.05) is 41.6 Å². The Balaban J connectivity index is 0.00000433. The zero-order valence-electron chi connectivity index (χ0n) is 26.1. The third-order valence-corrected chi connectivity index (χ3v) is 8.46. The fourth-order valence-electron chi connectivity index (χ4n) is 6.10. The van der Waals surface area contributed by atoms with E-state index in [0.29, 0.717) is 72.0 Å². The van der Waals surface area contributed by atoms with Crippen molar-refractivity contribution in [2.45, 2.75) is 19.6 Å². The molecule has 0 aliphatic carbocycles. The smallest absolute Gasteiger partial charge is 0.480 e. The minimum absolute atomic E-state index is 0. The number of hydrogen-bond donors (Lipinski definition) is 2. The van der Waals surface area contributed by atoms with Gasteiger partial charge in [-0.3, -0.25) is 34.2 Å². The first-order chi connectivity index (χ1) is 22.4. The first kappa shape index (κ1) is 34.4. The number of carboxylic acid groups (broad SMARTS) is 2. The predicted molar refractivity (Wildman–Crippen MR) is 171 cm³/mol. The van der Waals surface area contributed by atoms with Crippen LogP contribution in [0, 0.1) is 0 Å². The summed E-state index contributed by atoms with van der Waals surface area (Å²) in [6.45, 7) is 6.03. The van der Waals surface area contributed by atoms with Gasteiger partial charge in [-0.05, 0) is 35.4 Å². The summed E-state index contributed by atoms with van der Waals surface area (Å²) in [5.74, 6) is -1.72. The zero-order chi connectivity index (χ0) is 31.9. The first-order valence-electron chi connectivity index (χ1n) is 15.6. The summed E-state index contributed by atoms with van der Waals surface area (Å²) in [4.78, 5) is 42.2. The molecule has 1 saturated heterocycles. The molecule has 0 unspecified atom stereocenters. The number of benzene rings is 1. The van der Waals surface area contributed by atoms with Crippen LogP contribution in [0.3, 0.4) is 0 Å². The SMILES string of the molecule is O=C(O)CN1CCN2CCN(CC(=O)O)CCN(CC1)Cc1cccc(n1)-c1cnnn1Cc1cc(-c3ccccc3)cc(n1)C2.[Pd+2]. The van der Waals surface area contributed by atoms with E-state index < -0.39 is 11.9 Å². The molecule has 3 aliphatic heterocycles. The molecule has 3 aromatic heterocycles. The minimum atomic E-state index is -0.860. The fourth-order valence-corrected chi connectivity index (χ4v) is 6.10. The molecular weight excluding hydrogens is 693 g/mol. The Hall–Kier alpha value is -3.90. The number of carboxylic acids is 2. The molecular formula is C33H39N9O4Pd+2. The van der Waals surface area contributed by atoms with Crippen LogP contribution < -0.4 is 0 Å². The van der Waals surface area contributed by atoms with E-state index in [9.17, 15) is 19.8 Å². The van der Waals surface area contributed by atoms with Crippen LogP contribution in [0.15, 0.2) is 66.9 Å². The van der Waals surface area contributed by atoms with Crippen molar-refractivity contribution in [2.24, 2.45) is 0 Å². The molecule has 0 radical (unpaired) electrons. The van der Waals surface area contributed by atoms with E-state index in [2.05, 4.69) is 44.4 Å². The van der Waals surface area contributed by atoms with Crippen molar-refractivity contribution >= 4 is 11.9 Å². The molecule has 2 N–H and O–H groups in total. The number of pyridine rings is 2. The van der Waals surface area contributed by atoms with E-state index >= 15 is 0 Å². The molecule has 6 bridgehead atoms. The van der Waals surface area contributed by atoms with Crippen molar-refractivity contribution < 1.29 is 40.2 Å². The van der Waals surface area contributed by atoms with E-state index in [1.807, 2.05) is 50.9 Å². The van der Waals surface area contributed by atoms with Crippen molar-refractivity contribution in [3.05, 3.63) is 83.9 Å². The average molecular weight is 732 g/mol. The van der Waals surface area contributed by atoms with Crippen molar-refractivity contribution in [2.75, 3.05) is 65.4 Å². The summed E-state index contributed by atoms with van der Waals surface area (Å²) in [5, 5.41) is 28.0. The maximum Gasteiger partial charge on any atom is 2.00 e. The van der Waals surface area contributed by atoms with Crippen LogP contribution in [-0.4, -0.2) is 132 Å². The molecule has 0 atom stereocenters. The normalized spacial score (nSPS) is 19.6. The van der Waals surface area contributed by atoms with Gasteiger partial charge < -0.3 is 10.2 Å². The Morgan fingerprint density at radius 3 is 1.81 bits per heavy atom. The molecule has 47 heavy (non-hydrogen) atoms. The molecule has 0 spiro atoms. The molecule has 13 nitrogen and oxygen atoms in total. The molecule has 3 aliphatic rings. The van der Waals surface area contributed by atoms with E-state index in [-0.39, 0.29) is 33.5 Å². The summed E-state index contributed by atoms with van der Waals surface area (Å²) >= 11 is 0. The number of rotatable bonds is 5. The Morgan fingerprint density at radius 2 is 1.21 bits per heavy atom. The van der Waals surface area contributed by atoms with Crippen LogP contribution in [0.4, 0.5) is 0 Å². The summed E-state index contributed by atoms with van der Waals surface area (Å²) in [5.41, 5.74) is 6.18. The van der Waals surface area contributed by atoms with Crippen LogP contribution in [0.5, 0.6) is 0 Å². The maximum atomic E-state index is 11.8. The summed E-state index contributed by atoms with van der Waals surface area (Å²) in [6, 6.07) is 20.2. The largest absolute Gasteiger partial charge is 2.00 e. The van der Waals surface area contributed by atoms with Crippen LogP contribution in [0.1, 0.15) is 17.1 Å². The Bertz CT molecular complexity index is 1620. The van der Waals surface area contributed by atoms with E-state index in [4.69, 9.17) is 9.97 Å². The van der Waals surface area contributed by atoms with Gasteiger partial charge in [0.05, 0.1) is 48.6 Å². The Morgan fingerprint density at radius 1 is 0.638 bits per heavy atom. The number of nitrogens with zero attached hydrogens (tertiary/aromatic N) is 9. The van der Waals surface area contributed by atoms with Crippen LogP contribution in [0.2, 0.25) is 0 Å². The summed E-state index contributed by atoms with van der Waals surface area (Å²) in [6.07, 6.45) is 1.72.